The minimum atomic E-state index is -0.625. The van der Waals surface area contributed by atoms with Crippen LogP contribution in [0.1, 0.15) is 33.4 Å². The second-order valence-corrected chi connectivity index (χ2v) is 15.4. The maximum absolute atomic E-state index is 13.5. The highest BCUT2D eigenvalue weighted by Crippen LogP contribution is 2.17. The summed E-state index contributed by atoms with van der Waals surface area (Å²) in [5, 5.41) is 11.7. The molecule has 2 N–H and O–H groups in total. The minimum absolute atomic E-state index is 0.0772. The number of hydrogen-bond acceptors (Lipinski definition) is 13. The van der Waals surface area contributed by atoms with Gasteiger partial charge in [0.15, 0.2) is 0 Å². The molecule has 356 valence electrons. The normalized spacial score (nSPS) is 10.5. The van der Waals surface area contributed by atoms with Gasteiger partial charge in [-0.25, -0.2) is 19.0 Å². The van der Waals surface area contributed by atoms with Crippen LogP contribution in [-0.2, 0) is 39.3 Å². The van der Waals surface area contributed by atoms with E-state index in [1.807, 2.05) is 91.0 Å². The van der Waals surface area contributed by atoms with Gasteiger partial charge < -0.3 is 29.4 Å². The Labute approximate surface area is 402 Å². The molecule has 0 saturated heterocycles. The Kier molecular flexibility index (Phi) is 18.2. The first kappa shape index (κ1) is 50.1. The van der Waals surface area contributed by atoms with E-state index in [2.05, 4.69) is 20.3 Å². The standard InChI is InChI=1S/C25H25N5O4.C20H19ClN2O4.C6H7NO/c1-33-21-9-5-18(6-10-21)16-29-23(27-15-20-4-3-13-26-14-20)28-24(31)30(25(29)32)17-19-7-11-22(34-2)12-8-19;1-26-16-7-3-14(4-8-16)12-22-18(21)11-19(24)23(20(22)25)13-15-5-9-17(27-2)10-6-15;8-5-6-2-1-3-7-4-6/h3-14H,15-17H2,1-2H3,(H,27,28,31);3-11H,12-13H2,1-2H3;1-4,8H,5H2. The zero-order valence-electron chi connectivity index (χ0n) is 38.4. The summed E-state index contributed by atoms with van der Waals surface area (Å²) in [6, 6.07) is 37.7. The van der Waals surface area contributed by atoms with Crippen molar-refractivity contribution < 1.29 is 24.1 Å². The summed E-state index contributed by atoms with van der Waals surface area (Å²) in [7, 11) is 6.35. The third kappa shape index (κ3) is 14.1. The van der Waals surface area contributed by atoms with Gasteiger partial charge in [0.25, 0.3) is 5.56 Å². The fraction of sp³-hybridized carbons (Fsp3) is 0.196. The van der Waals surface area contributed by atoms with Crippen molar-refractivity contribution in [2.75, 3.05) is 33.8 Å². The van der Waals surface area contributed by atoms with Crippen LogP contribution in [0.3, 0.4) is 0 Å². The predicted molar refractivity (Wildman–Crippen MR) is 263 cm³/mol. The lowest BCUT2D eigenvalue weighted by Gasteiger charge is -2.16. The topological polar surface area (TPSA) is 196 Å². The first-order chi connectivity index (χ1) is 33.5. The van der Waals surface area contributed by atoms with Gasteiger partial charge in [-0.2, -0.15) is 4.98 Å². The lowest BCUT2D eigenvalue weighted by Crippen LogP contribution is -2.43. The number of aliphatic hydroxyl groups is 1. The first-order valence-electron chi connectivity index (χ1n) is 21.4. The average molecular weight is 955 g/mol. The van der Waals surface area contributed by atoms with Crippen LogP contribution in [0.5, 0.6) is 23.0 Å². The summed E-state index contributed by atoms with van der Waals surface area (Å²) in [6.45, 7) is 1.18. The van der Waals surface area contributed by atoms with E-state index in [0.717, 1.165) is 48.3 Å². The van der Waals surface area contributed by atoms with Crippen molar-refractivity contribution in [3.05, 3.63) is 233 Å². The Hall–Kier alpha value is -8.28. The number of rotatable bonds is 16. The summed E-state index contributed by atoms with van der Waals surface area (Å²) in [5.74, 6) is 3.04. The number of anilines is 1. The number of hydrogen-bond donors (Lipinski definition) is 2. The van der Waals surface area contributed by atoms with Gasteiger partial charge in [0, 0.05) is 37.4 Å². The Balaban J connectivity index is 0.000000199. The molecule has 0 amide bonds. The van der Waals surface area contributed by atoms with Crippen LogP contribution in [0, 0.1) is 0 Å². The molecule has 17 nitrogen and oxygen atoms in total. The van der Waals surface area contributed by atoms with Crippen LogP contribution >= 0.6 is 11.6 Å². The molecule has 18 heteroatoms. The van der Waals surface area contributed by atoms with Crippen molar-refractivity contribution in [3.63, 3.8) is 0 Å². The van der Waals surface area contributed by atoms with E-state index in [4.69, 9.17) is 35.7 Å². The molecule has 8 rings (SSSR count). The molecule has 69 heavy (non-hydrogen) atoms. The van der Waals surface area contributed by atoms with E-state index in [-0.39, 0.29) is 43.9 Å². The van der Waals surface area contributed by atoms with Crippen molar-refractivity contribution >= 4 is 17.5 Å². The van der Waals surface area contributed by atoms with Crippen molar-refractivity contribution in [2.45, 2.75) is 39.3 Å². The number of nitrogens with zero attached hydrogens (tertiary/aromatic N) is 7. The molecule has 0 fully saturated rings. The first-order valence-corrected chi connectivity index (χ1v) is 21.8. The van der Waals surface area contributed by atoms with Gasteiger partial charge >= 0.3 is 17.1 Å². The van der Waals surface area contributed by atoms with E-state index < -0.39 is 22.6 Å². The van der Waals surface area contributed by atoms with Crippen LogP contribution in [0.25, 0.3) is 0 Å². The molecular formula is C51H51ClN8O9. The summed E-state index contributed by atoms with van der Waals surface area (Å²) >= 11 is 6.17. The van der Waals surface area contributed by atoms with Gasteiger partial charge in [-0.15, -0.1) is 0 Å². The lowest BCUT2D eigenvalue weighted by molar-refractivity contribution is 0.281. The highest BCUT2D eigenvalue weighted by Gasteiger charge is 2.15. The Bertz CT molecular complexity index is 3110. The smallest absolute Gasteiger partial charge is 0.355 e. The fourth-order valence-corrected chi connectivity index (χ4v) is 6.87. The molecule has 0 saturated carbocycles. The second kappa shape index (κ2) is 25.0. The van der Waals surface area contributed by atoms with E-state index in [1.54, 1.807) is 83.6 Å². The molecule has 8 aromatic rings. The number of benzene rings is 4. The van der Waals surface area contributed by atoms with Gasteiger partial charge in [0.1, 0.15) is 28.2 Å². The number of nitrogens with one attached hydrogen (secondary N) is 1. The van der Waals surface area contributed by atoms with Crippen molar-refractivity contribution in [1.29, 1.82) is 0 Å². The second-order valence-electron chi connectivity index (χ2n) is 15.1. The monoisotopic (exact) mass is 954 g/mol. The van der Waals surface area contributed by atoms with Crippen LogP contribution in [-0.4, -0.2) is 66.8 Å². The highest BCUT2D eigenvalue weighted by atomic mass is 35.5. The summed E-state index contributed by atoms with van der Waals surface area (Å²) in [4.78, 5) is 63.5. The zero-order chi connectivity index (χ0) is 49.1. The average Bonchev–Trinajstić information content (AvgIpc) is 3.39. The molecule has 0 unspecified atom stereocenters. The molecule has 0 bridgehead atoms. The minimum Gasteiger partial charge on any atom is -0.497 e. The van der Waals surface area contributed by atoms with Crippen LogP contribution < -0.4 is 46.9 Å². The van der Waals surface area contributed by atoms with E-state index in [0.29, 0.717) is 23.8 Å². The summed E-state index contributed by atoms with van der Waals surface area (Å²) < 4.78 is 25.8. The van der Waals surface area contributed by atoms with E-state index in [9.17, 15) is 19.2 Å². The van der Waals surface area contributed by atoms with Gasteiger partial charge in [-0.05, 0) is 94.0 Å². The fourth-order valence-electron chi connectivity index (χ4n) is 6.65. The van der Waals surface area contributed by atoms with Gasteiger partial charge in [-0.3, -0.25) is 28.5 Å². The Morgan fingerprint density at radius 3 is 1.29 bits per heavy atom. The van der Waals surface area contributed by atoms with Gasteiger partial charge in [0.05, 0.1) is 61.2 Å². The van der Waals surface area contributed by atoms with Crippen molar-refractivity contribution in [3.8, 4) is 23.0 Å². The Morgan fingerprint density at radius 1 is 0.507 bits per heavy atom. The third-order valence-electron chi connectivity index (χ3n) is 10.5. The quantitative estimate of drug-likeness (QED) is 0.109. The molecule has 4 aromatic heterocycles. The number of methoxy groups -OCH3 is 4. The van der Waals surface area contributed by atoms with Crippen LogP contribution in [0.15, 0.2) is 171 Å². The molecule has 0 aliphatic heterocycles. The van der Waals surface area contributed by atoms with Crippen molar-refractivity contribution in [2.24, 2.45) is 0 Å². The third-order valence-corrected chi connectivity index (χ3v) is 10.8. The van der Waals surface area contributed by atoms with Crippen molar-refractivity contribution in [1.82, 2.24) is 33.2 Å². The number of aliphatic hydroxyl groups excluding tert-OH is 1. The molecule has 0 spiro atoms. The van der Waals surface area contributed by atoms with E-state index >= 15 is 0 Å². The highest BCUT2D eigenvalue weighted by molar-refractivity contribution is 6.29. The number of halogens is 1. The largest absolute Gasteiger partial charge is 0.497 e. The zero-order valence-corrected chi connectivity index (χ0v) is 39.2. The molecular weight excluding hydrogens is 904 g/mol. The van der Waals surface area contributed by atoms with E-state index in [1.165, 1.54) is 15.2 Å². The molecule has 4 heterocycles. The number of pyridine rings is 2. The summed E-state index contributed by atoms with van der Waals surface area (Å²) in [5.41, 5.74) is 3.11. The van der Waals surface area contributed by atoms with Crippen LogP contribution in [0.4, 0.5) is 5.95 Å². The maximum atomic E-state index is 13.5. The lowest BCUT2D eigenvalue weighted by atomic mass is 10.2. The summed E-state index contributed by atoms with van der Waals surface area (Å²) in [6.07, 6.45) is 6.71. The number of ether oxygens (including phenoxy) is 4. The molecule has 0 atom stereocenters. The number of aromatic nitrogens is 7. The van der Waals surface area contributed by atoms with Crippen LogP contribution in [0.2, 0.25) is 5.15 Å². The molecule has 0 aliphatic carbocycles. The Morgan fingerprint density at radius 2 is 0.899 bits per heavy atom. The molecule has 0 aliphatic rings. The molecule has 0 radical (unpaired) electrons. The SMILES string of the molecule is COc1ccc(Cn2c(Cl)cc(=O)n(Cc3ccc(OC)cc3)c2=O)cc1.COc1ccc(Cn2c(NCc3cccnc3)nc(=O)n(Cc3ccc(OC)cc3)c2=O)cc1.OCc1cccnc1. The maximum Gasteiger partial charge on any atom is 0.355 e. The predicted octanol–water partition coefficient (Wildman–Crippen LogP) is 5.88. The molecule has 4 aromatic carbocycles. The van der Waals surface area contributed by atoms with Gasteiger partial charge in [0.2, 0.25) is 5.95 Å². The van der Waals surface area contributed by atoms with Gasteiger partial charge in [-0.1, -0.05) is 72.3 Å².